The Kier molecular flexibility index (Phi) is 7.65. The maximum absolute atomic E-state index is 11.7. The lowest BCUT2D eigenvalue weighted by Gasteiger charge is -2.24. The second kappa shape index (κ2) is 11.6. The first kappa shape index (κ1) is 27.0. The number of amides is 1. The Hall–Kier alpha value is -5.63. The van der Waals surface area contributed by atoms with Crippen LogP contribution in [0.3, 0.4) is 0 Å². The van der Waals surface area contributed by atoms with E-state index in [1.165, 1.54) is 17.6 Å². The van der Waals surface area contributed by atoms with Gasteiger partial charge < -0.3 is 29.9 Å². The Balaban J connectivity index is 1.63. The van der Waals surface area contributed by atoms with Crippen LogP contribution in [-0.4, -0.2) is 39.7 Å². The molecule has 11 heteroatoms. The van der Waals surface area contributed by atoms with Gasteiger partial charge in [-0.1, -0.05) is 29.9 Å². The molecule has 41 heavy (non-hydrogen) atoms. The van der Waals surface area contributed by atoms with Crippen molar-refractivity contribution < 1.29 is 14.3 Å². The number of hydrogen-bond donors (Lipinski definition) is 2. The number of imidazole rings is 1. The molecule has 0 saturated carbocycles. The summed E-state index contributed by atoms with van der Waals surface area (Å²) in [6.07, 6.45) is 3.15. The van der Waals surface area contributed by atoms with Crippen molar-refractivity contribution in [3.63, 3.8) is 0 Å². The third-order valence-electron chi connectivity index (χ3n) is 6.39. The zero-order valence-corrected chi connectivity index (χ0v) is 23.0. The maximum atomic E-state index is 11.7. The number of pyridine rings is 1. The first-order chi connectivity index (χ1) is 19.9. The fraction of sp³-hybridized carbons (Fsp3) is 0.167. The highest BCUT2D eigenvalue weighted by molar-refractivity contribution is 5.90. The van der Waals surface area contributed by atoms with Crippen LogP contribution in [0.5, 0.6) is 11.5 Å². The summed E-state index contributed by atoms with van der Waals surface area (Å²) in [4.78, 5) is 26.5. The number of benzene rings is 2. The van der Waals surface area contributed by atoms with Gasteiger partial charge in [-0.3, -0.25) is 4.79 Å². The molecule has 0 radical (unpaired) electrons. The number of nitrogens with one attached hydrogen (secondary N) is 2. The normalized spacial score (nSPS) is 10.6. The van der Waals surface area contributed by atoms with Crippen LogP contribution in [0.2, 0.25) is 0 Å². The Morgan fingerprint density at radius 1 is 1.00 bits per heavy atom. The van der Waals surface area contributed by atoms with Gasteiger partial charge in [-0.25, -0.2) is 9.97 Å². The molecular weight excluding hydrogens is 520 g/mol. The van der Waals surface area contributed by atoms with Crippen LogP contribution < -0.4 is 25.0 Å². The molecule has 0 atom stereocenters. The number of methoxy groups -OCH3 is 2. The van der Waals surface area contributed by atoms with Crippen LogP contribution >= 0.6 is 0 Å². The zero-order chi connectivity index (χ0) is 28.9. The maximum Gasteiger partial charge on any atom is 0.275 e. The van der Waals surface area contributed by atoms with Gasteiger partial charge in [0.1, 0.15) is 23.0 Å². The number of ether oxygens (including phenoxy) is 2. The summed E-state index contributed by atoms with van der Waals surface area (Å²) in [5, 5.41) is 10.8. The second-order valence-electron chi connectivity index (χ2n) is 9.20. The van der Waals surface area contributed by atoms with E-state index < -0.39 is 0 Å². The number of anilines is 5. The lowest BCUT2D eigenvalue weighted by atomic mass is 10.1. The number of carbonyl (C=O) groups is 1. The highest BCUT2D eigenvalue weighted by atomic mass is 16.5. The highest BCUT2D eigenvalue weighted by Gasteiger charge is 2.22. The molecule has 1 amide bonds. The predicted molar refractivity (Wildman–Crippen MR) is 158 cm³/mol. The van der Waals surface area contributed by atoms with Gasteiger partial charge in [-0.2, -0.15) is 0 Å². The van der Waals surface area contributed by atoms with Gasteiger partial charge >= 0.3 is 0 Å². The average molecular weight is 549 g/mol. The Bertz CT molecular complexity index is 1740. The molecule has 0 bridgehead atoms. The van der Waals surface area contributed by atoms with Crippen molar-refractivity contribution >= 4 is 46.1 Å². The van der Waals surface area contributed by atoms with E-state index in [1.54, 1.807) is 20.4 Å². The Morgan fingerprint density at radius 2 is 1.76 bits per heavy atom. The summed E-state index contributed by atoms with van der Waals surface area (Å²) in [6.45, 7) is 11.5. The van der Waals surface area contributed by atoms with Crippen molar-refractivity contribution in [3.05, 3.63) is 95.6 Å². The molecule has 3 heterocycles. The first-order valence-corrected chi connectivity index (χ1v) is 12.7. The molecule has 0 aliphatic heterocycles. The molecule has 0 fully saturated rings. The largest absolute Gasteiger partial charge is 0.497 e. The van der Waals surface area contributed by atoms with E-state index in [9.17, 15) is 4.79 Å². The standard InChI is InChI=1S/C30H28N8O3/c1-19-6-9-22(14-25(19)34-20(2)39)35-27-15-26(30-33-17-29(31-3)38(30)36-27)37(28-13-12-24(41-5)16-32-28)18-21-7-10-23(40-4)11-8-21/h6-17H,18H2,1-2,4-5H3,(H,34,39)(H,35,36). The van der Waals surface area contributed by atoms with Crippen LogP contribution in [-0.2, 0) is 11.3 Å². The van der Waals surface area contributed by atoms with Crippen molar-refractivity contribution in [1.82, 2.24) is 19.6 Å². The van der Waals surface area contributed by atoms with Crippen molar-refractivity contribution in [2.24, 2.45) is 0 Å². The summed E-state index contributed by atoms with van der Waals surface area (Å²) in [5.41, 5.74) is 4.51. The van der Waals surface area contributed by atoms with Crippen LogP contribution in [0, 0.1) is 13.5 Å². The molecular formula is C30H28N8O3. The third-order valence-corrected chi connectivity index (χ3v) is 6.39. The topological polar surface area (TPSA) is 110 Å². The van der Waals surface area contributed by atoms with Gasteiger partial charge in [0.25, 0.3) is 11.5 Å². The molecule has 2 aromatic carbocycles. The minimum atomic E-state index is -0.159. The van der Waals surface area contributed by atoms with Crippen molar-refractivity contribution in [2.75, 3.05) is 29.8 Å². The molecule has 5 rings (SSSR count). The van der Waals surface area contributed by atoms with E-state index >= 15 is 0 Å². The van der Waals surface area contributed by atoms with Gasteiger partial charge in [-0.05, 0) is 54.4 Å². The lowest BCUT2D eigenvalue weighted by Crippen LogP contribution is -2.19. The molecule has 2 N–H and O–H groups in total. The predicted octanol–water partition coefficient (Wildman–Crippen LogP) is 6.04. The number of rotatable bonds is 9. The van der Waals surface area contributed by atoms with Crippen LogP contribution in [0.4, 0.5) is 34.5 Å². The van der Waals surface area contributed by atoms with Gasteiger partial charge in [-0.15, -0.1) is 4.52 Å². The van der Waals surface area contributed by atoms with Crippen LogP contribution in [0.25, 0.3) is 10.5 Å². The van der Waals surface area contributed by atoms with Crippen molar-refractivity contribution in [3.8, 4) is 11.5 Å². The quantitative estimate of drug-likeness (QED) is 0.215. The lowest BCUT2D eigenvalue weighted by molar-refractivity contribution is -0.114. The number of aromatic nitrogens is 4. The molecule has 206 valence electrons. The third kappa shape index (κ3) is 5.86. The summed E-state index contributed by atoms with van der Waals surface area (Å²) in [6, 6.07) is 19.0. The fourth-order valence-corrected chi connectivity index (χ4v) is 4.30. The monoisotopic (exact) mass is 548 g/mol. The minimum absolute atomic E-state index is 0.159. The number of aryl methyl sites for hydroxylation is 1. The van der Waals surface area contributed by atoms with Crippen molar-refractivity contribution in [1.29, 1.82) is 0 Å². The van der Waals surface area contributed by atoms with E-state index in [1.807, 2.05) is 72.5 Å². The molecule has 3 aromatic heterocycles. The van der Waals surface area contributed by atoms with Crippen LogP contribution in [0.15, 0.2) is 73.1 Å². The molecule has 0 saturated heterocycles. The zero-order valence-electron chi connectivity index (χ0n) is 23.0. The van der Waals surface area contributed by atoms with Crippen LogP contribution in [0.1, 0.15) is 18.1 Å². The van der Waals surface area contributed by atoms with Gasteiger partial charge in [0.2, 0.25) is 5.91 Å². The van der Waals surface area contributed by atoms with E-state index in [0.717, 1.165) is 16.9 Å². The van der Waals surface area contributed by atoms with E-state index in [-0.39, 0.29) is 11.7 Å². The Morgan fingerprint density at radius 3 is 2.41 bits per heavy atom. The summed E-state index contributed by atoms with van der Waals surface area (Å²) >= 11 is 0. The smallest absolute Gasteiger partial charge is 0.275 e. The fourth-order valence-electron chi connectivity index (χ4n) is 4.30. The minimum Gasteiger partial charge on any atom is -0.497 e. The molecule has 5 aromatic rings. The summed E-state index contributed by atoms with van der Waals surface area (Å²) in [7, 11) is 3.22. The molecule has 0 aliphatic carbocycles. The van der Waals surface area contributed by atoms with Gasteiger partial charge in [0.15, 0.2) is 5.82 Å². The SMILES string of the molecule is [C-]#[N+]c1cnc2c(N(Cc3ccc(OC)cc3)c3ccc(OC)cn3)cc(Nc3ccc(C)c(NC(C)=O)c3)nn12. The van der Waals surface area contributed by atoms with E-state index in [2.05, 4.69) is 30.5 Å². The molecule has 0 unspecified atom stereocenters. The van der Waals surface area contributed by atoms with E-state index in [4.69, 9.17) is 16.0 Å². The second-order valence-corrected chi connectivity index (χ2v) is 9.20. The number of nitrogens with zero attached hydrogens (tertiary/aromatic N) is 6. The molecule has 11 nitrogen and oxygen atoms in total. The molecule has 0 aliphatic rings. The van der Waals surface area contributed by atoms with Gasteiger partial charge in [0, 0.05) is 30.9 Å². The number of hydrogen-bond acceptors (Lipinski definition) is 8. The first-order valence-electron chi connectivity index (χ1n) is 12.7. The van der Waals surface area contributed by atoms with Gasteiger partial charge in [0.05, 0.1) is 26.6 Å². The van der Waals surface area contributed by atoms with E-state index in [0.29, 0.717) is 46.6 Å². The van der Waals surface area contributed by atoms with Crippen molar-refractivity contribution in [2.45, 2.75) is 20.4 Å². The highest BCUT2D eigenvalue weighted by Crippen LogP contribution is 2.34. The number of carbonyl (C=O) groups excluding carboxylic acids is 1. The summed E-state index contributed by atoms with van der Waals surface area (Å²) < 4.78 is 12.2. The number of fused-ring (bicyclic) bond motifs is 1. The molecule has 0 spiro atoms. The summed E-state index contributed by atoms with van der Waals surface area (Å²) in [5.74, 6) is 2.61. The average Bonchev–Trinajstić information content (AvgIpc) is 3.40. The Labute approximate surface area is 237 Å².